The number of amidine groups is 1. The molecule has 3 aromatic carbocycles. The van der Waals surface area contributed by atoms with E-state index in [-0.39, 0.29) is 34.9 Å². The van der Waals surface area contributed by atoms with E-state index >= 15 is 0 Å². The molecule has 13 heteroatoms. The number of benzene rings is 3. The summed E-state index contributed by atoms with van der Waals surface area (Å²) in [5, 5.41) is 22.0. The molecule has 1 aliphatic rings. The summed E-state index contributed by atoms with van der Waals surface area (Å²) in [7, 11) is 0. The zero-order valence-corrected chi connectivity index (χ0v) is 24.4. The first kappa shape index (κ1) is 29.9. The normalized spacial score (nSPS) is 15.1. The second-order valence-electron chi connectivity index (χ2n) is 8.94. The Bertz CT molecular complexity index is 1740. The fraction of sp³-hybridized carbons (Fsp3) is 0.0667. The van der Waals surface area contributed by atoms with Crippen molar-refractivity contribution >= 4 is 69.9 Å². The van der Waals surface area contributed by atoms with E-state index in [0.29, 0.717) is 38.4 Å². The number of amides is 2. The molecule has 0 bridgehead atoms. The first-order valence-electron chi connectivity index (χ1n) is 12.6. The smallest absolute Gasteiger partial charge is 0.267 e. The highest BCUT2D eigenvalue weighted by molar-refractivity contribution is 8.18. The van der Waals surface area contributed by atoms with Crippen LogP contribution in [0, 0.1) is 5.82 Å². The SMILES string of the molecule is O=C(COc1ccc(Cl)cc1/C=C1\S/C(=N\N=C\c2cc(Cl)ccc2O)N(Cc2ccco2)C1=O)Nc1ccc(F)cc1. The van der Waals surface area contributed by atoms with Gasteiger partial charge in [0.15, 0.2) is 11.8 Å². The van der Waals surface area contributed by atoms with Crippen LogP contribution in [0.2, 0.25) is 10.0 Å². The number of thioether (sulfide) groups is 1. The van der Waals surface area contributed by atoms with E-state index in [1.807, 2.05) is 0 Å². The van der Waals surface area contributed by atoms with Gasteiger partial charge in [0, 0.05) is 26.9 Å². The van der Waals surface area contributed by atoms with Gasteiger partial charge in [0.1, 0.15) is 23.1 Å². The minimum atomic E-state index is -0.464. The molecule has 2 heterocycles. The van der Waals surface area contributed by atoms with E-state index < -0.39 is 11.7 Å². The summed E-state index contributed by atoms with van der Waals surface area (Å²) in [4.78, 5) is 27.6. The highest BCUT2D eigenvalue weighted by Gasteiger charge is 2.34. The van der Waals surface area contributed by atoms with E-state index in [1.165, 1.54) is 53.8 Å². The van der Waals surface area contributed by atoms with Crippen LogP contribution in [0.15, 0.2) is 98.6 Å². The average Bonchev–Trinajstić information content (AvgIpc) is 3.60. The van der Waals surface area contributed by atoms with Crippen LogP contribution >= 0.6 is 35.0 Å². The van der Waals surface area contributed by atoms with Crippen LogP contribution in [0.25, 0.3) is 6.08 Å². The number of halogens is 3. The van der Waals surface area contributed by atoms with E-state index in [0.717, 1.165) is 11.8 Å². The molecule has 1 aromatic heterocycles. The molecule has 0 spiro atoms. The van der Waals surface area contributed by atoms with Crippen LogP contribution in [0.4, 0.5) is 10.1 Å². The third kappa shape index (κ3) is 7.83. The Hall–Kier alpha value is -4.58. The van der Waals surface area contributed by atoms with Crippen molar-refractivity contribution in [3.63, 3.8) is 0 Å². The van der Waals surface area contributed by atoms with Gasteiger partial charge in [0.2, 0.25) is 0 Å². The van der Waals surface area contributed by atoms with Gasteiger partial charge in [-0.15, -0.1) is 5.10 Å². The van der Waals surface area contributed by atoms with E-state index in [4.69, 9.17) is 32.4 Å². The summed E-state index contributed by atoms with van der Waals surface area (Å²) >= 11 is 13.3. The Balaban J connectivity index is 1.38. The minimum absolute atomic E-state index is 0.0311. The molecule has 0 unspecified atom stereocenters. The number of anilines is 1. The van der Waals surface area contributed by atoms with E-state index in [2.05, 4.69) is 15.5 Å². The molecule has 1 saturated heterocycles. The lowest BCUT2D eigenvalue weighted by atomic mass is 10.2. The standard InChI is InChI=1S/C30H21Cl2FN4O5S/c31-20-3-9-25(38)19(13-20)15-34-36-30-37(16-24-2-1-11-41-24)29(40)27(43-30)14-18-12-21(32)4-10-26(18)42-17-28(39)35-23-7-5-22(33)6-8-23/h1-15,38H,16-17H2,(H,35,39)/b27-14-,34-15+,36-30-. The predicted molar refractivity (Wildman–Crippen MR) is 165 cm³/mol. The summed E-state index contributed by atoms with van der Waals surface area (Å²) < 4.78 is 24.3. The lowest BCUT2D eigenvalue weighted by Crippen LogP contribution is -2.28. The first-order valence-corrected chi connectivity index (χ1v) is 14.1. The van der Waals surface area contributed by atoms with E-state index in [1.54, 1.807) is 42.5 Å². The number of ether oxygens (including phenoxy) is 1. The van der Waals surface area contributed by atoms with Crippen molar-refractivity contribution in [1.82, 2.24) is 4.90 Å². The number of carbonyl (C=O) groups excluding carboxylic acids is 2. The molecule has 4 aromatic rings. The molecule has 9 nitrogen and oxygen atoms in total. The summed E-state index contributed by atoms with van der Waals surface area (Å²) in [6.45, 7) is -0.256. The van der Waals surface area contributed by atoms with Gasteiger partial charge in [-0.1, -0.05) is 23.2 Å². The lowest BCUT2D eigenvalue weighted by molar-refractivity contribution is -0.122. The second kappa shape index (κ2) is 13.6. The van der Waals surface area contributed by atoms with Gasteiger partial charge in [-0.3, -0.25) is 14.5 Å². The van der Waals surface area contributed by atoms with Crippen molar-refractivity contribution in [2.75, 3.05) is 11.9 Å². The molecule has 2 amide bonds. The number of carbonyl (C=O) groups is 2. The number of rotatable bonds is 9. The number of phenolic OH excluding ortho intramolecular Hbond substituents is 1. The van der Waals surface area contributed by atoms with Crippen LogP contribution < -0.4 is 10.1 Å². The number of phenols is 1. The molecule has 0 atom stereocenters. The predicted octanol–water partition coefficient (Wildman–Crippen LogP) is 6.96. The highest BCUT2D eigenvalue weighted by atomic mass is 35.5. The largest absolute Gasteiger partial charge is 0.507 e. The van der Waals surface area contributed by atoms with Gasteiger partial charge < -0.3 is 19.6 Å². The van der Waals surface area contributed by atoms with Crippen molar-refractivity contribution in [3.8, 4) is 11.5 Å². The Kier molecular flexibility index (Phi) is 9.45. The first-order chi connectivity index (χ1) is 20.7. The monoisotopic (exact) mass is 638 g/mol. The molecule has 218 valence electrons. The maximum Gasteiger partial charge on any atom is 0.267 e. The van der Waals surface area contributed by atoms with Crippen molar-refractivity contribution in [3.05, 3.63) is 117 Å². The van der Waals surface area contributed by atoms with Crippen LogP contribution in [0.1, 0.15) is 16.9 Å². The van der Waals surface area contributed by atoms with Crippen molar-refractivity contribution < 1.29 is 28.2 Å². The molecule has 2 N–H and O–H groups in total. The van der Waals surface area contributed by atoms with Gasteiger partial charge in [-0.2, -0.15) is 5.10 Å². The molecule has 0 saturated carbocycles. The fourth-order valence-corrected chi connectivity index (χ4v) is 5.11. The third-order valence-corrected chi connectivity index (χ3v) is 7.32. The van der Waals surface area contributed by atoms with Crippen molar-refractivity contribution in [2.24, 2.45) is 10.2 Å². The molecule has 0 aliphatic carbocycles. The quantitative estimate of drug-likeness (QED) is 0.116. The summed E-state index contributed by atoms with van der Waals surface area (Å²) in [5.74, 6) is -0.461. The Morgan fingerprint density at radius 1 is 1.07 bits per heavy atom. The molecule has 1 fully saturated rings. The van der Waals surface area contributed by atoms with Gasteiger partial charge in [-0.05, 0) is 90.6 Å². The zero-order chi connectivity index (χ0) is 30.3. The number of aromatic hydroxyl groups is 1. The molecular formula is C30H21Cl2FN4O5S. The molecule has 43 heavy (non-hydrogen) atoms. The Morgan fingerprint density at radius 2 is 1.81 bits per heavy atom. The second-order valence-corrected chi connectivity index (χ2v) is 10.8. The third-order valence-electron chi connectivity index (χ3n) is 5.86. The molecule has 1 aliphatic heterocycles. The Morgan fingerprint density at radius 3 is 2.56 bits per heavy atom. The number of nitrogens with one attached hydrogen (secondary N) is 1. The maximum absolute atomic E-state index is 13.5. The molecular weight excluding hydrogens is 618 g/mol. The zero-order valence-electron chi connectivity index (χ0n) is 22.0. The van der Waals surface area contributed by atoms with Crippen LogP contribution in [-0.4, -0.2) is 39.8 Å². The fourth-order valence-electron chi connectivity index (χ4n) is 3.83. The van der Waals surface area contributed by atoms with Gasteiger partial charge in [0.25, 0.3) is 11.8 Å². The highest BCUT2D eigenvalue weighted by Crippen LogP contribution is 2.36. The molecule has 5 rings (SSSR count). The number of furan rings is 1. The van der Waals surface area contributed by atoms with Crippen molar-refractivity contribution in [1.29, 1.82) is 0 Å². The van der Waals surface area contributed by atoms with E-state index in [9.17, 15) is 19.1 Å². The minimum Gasteiger partial charge on any atom is -0.507 e. The number of hydrogen-bond acceptors (Lipinski definition) is 8. The Labute approximate surface area is 259 Å². The topological polar surface area (TPSA) is 117 Å². The number of nitrogens with zero attached hydrogens (tertiary/aromatic N) is 3. The summed E-state index contributed by atoms with van der Waals surface area (Å²) in [5.41, 5.74) is 1.21. The van der Waals surface area contributed by atoms with Gasteiger partial charge >= 0.3 is 0 Å². The average molecular weight is 639 g/mol. The van der Waals surface area contributed by atoms with Crippen LogP contribution in [0.3, 0.4) is 0 Å². The van der Waals surface area contributed by atoms with Gasteiger partial charge in [-0.25, -0.2) is 4.39 Å². The molecule has 0 radical (unpaired) electrons. The lowest BCUT2D eigenvalue weighted by Gasteiger charge is -2.13. The van der Waals surface area contributed by atoms with Crippen LogP contribution in [-0.2, 0) is 16.1 Å². The number of hydrogen-bond donors (Lipinski definition) is 2. The van der Waals surface area contributed by atoms with Gasteiger partial charge in [0.05, 0.1) is 23.9 Å². The maximum atomic E-state index is 13.5. The van der Waals surface area contributed by atoms with Crippen molar-refractivity contribution in [2.45, 2.75) is 6.54 Å². The summed E-state index contributed by atoms with van der Waals surface area (Å²) in [6.07, 6.45) is 4.40. The summed E-state index contributed by atoms with van der Waals surface area (Å²) in [6, 6.07) is 18.0. The van der Waals surface area contributed by atoms with Crippen LogP contribution in [0.5, 0.6) is 11.5 Å².